The highest BCUT2D eigenvalue weighted by Crippen LogP contribution is 2.32. The predicted octanol–water partition coefficient (Wildman–Crippen LogP) is 6.30. The Morgan fingerprint density at radius 3 is 2.34 bits per heavy atom. The number of carbonyl (C=O) groups excluding carboxylic acids is 1. The smallest absolute Gasteiger partial charge is 0.314 e. The van der Waals surface area contributed by atoms with Crippen LogP contribution in [-0.4, -0.2) is 18.2 Å². The van der Waals surface area contributed by atoms with E-state index in [-0.39, 0.29) is 34.7 Å². The number of carbonyl (C=O) groups is 1. The van der Waals surface area contributed by atoms with Gasteiger partial charge in [-0.05, 0) is 54.7 Å². The van der Waals surface area contributed by atoms with Crippen LogP contribution in [0, 0.1) is 5.92 Å². The molecule has 35 heavy (non-hydrogen) atoms. The van der Waals surface area contributed by atoms with Gasteiger partial charge in [-0.15, -0.1) is 0 Å². The molecule has 0 fully saturated rings. The largest absolute Gasteiger partial charge is 0.502 e. The van der Waals surface area contributed by atoms with E-state index in [1.807, 2.05) is 37.3 Å². The van der Waals surface area contributed by atoms with Crippen molar-refractivity contribution in [2.45, 2.75) is 32.6 Å². The van der Waals surface area contributed by atoms with E-state index in [9.17, 15) is 14.7 Å². The molecule has 1 heterocycles. The third-order valence-corrected chi connectivity index (χ3v) is 6.21. The van der Waals surface area contributed by atoms with E-state index in [1.54, 1.807) is 43.5 Å². The third-order valence-electron chi connectivity index (χ3n) is 6.21. The van der Waals surface area contributed by atoms with Gasteiger partial charge in [0, 0.05) is 5.56 Å². The first-order chi connectivity index (χ1) is 16.9. The van der Waals surface area contributed by atoms with E-state index < -0.39 is 11.2 Å². The molecule has 0 spiro atoms. The first kappa shape index (κ1) is 24.1. The first-order valence-corrected chi connectivity index (χ1v) is 11.6. The van der Waals surface area contributed by atoms with Crippen molar-refractivity contribution in [1.29, 1.82) is 0 Å². The van der Waals surface area contributed by atoms with Crippen molar-refractivity contribution in [3.63, 3.8) is 0 Å². The van der Waals surface area contributed by atoms with Gasteiger partial charge in [0.2, 0.25) is 11.2 Å². The standard InChI is InChI=1S/C29H28O6/c1-4-19(20-10-12-22(33-3)13-11-20)16-18(2)29(32)34-23-14-15-25-24(17-23)26(30)27(31)28(35-25)21-8-6-5-7-9-21/h5-15,17-19,31H,4,16H2,1-3H3. The highest BCUT2D eigenvalue weighted by Gasteiger charge is 2.22. The van der Waals surface area contributed by atoms with E-state index in [4.69, 9.17) is 13.9 Å². The van der Waals surface area contributed by atoms with Gasteiger partial charge in [-0.1, -0.05) is 56.3 Å². The second-order valence-corrected chi connectivity index (χ2v) is 8.57. The van der Waals surface area contributed by atoms with Crippen LogP contribution in [0.2, 0.25) is 0 Å². The molecule has 0 bridgehead atoms. The molecule has 4 aromatic rings. The summed E-state index contributed by atoms with van der Waals surface area (Å²) in [4.78, 5) is 25.7. The monoisotopic (exact) mass is 472 g/mol. The molecular weight excluding hydrogens is 444 g/mol. The van der Waals surface area contributed by atoms with Crippen LogP contribution in [0.4, 0.5) is 0 Å². The number of hydrogen-bond acceptors (Lipinski definition) is 6. The highest BCUT2D eigenvalue weighted by molar-refractivity contribution is 5.84. The van der Waals surface area contributed by atoms with Gasteiger partial charge in [0.05, 0.1) is 18.4 Å². The molecule has 6 nitrogen and oxygen atoms in total. The summed E-state index contributed by atoms with van der Waals surface area (Å²) < 4.78 is 16.6. The molecule has 0 aliphatic carbocycles. The summed E-state index contributed by atoms with van der Waals surface area (Å²) >= 11 is 0. The van der Waals surface area contributed by atoms with E-state index >= 15 is 0 Å². The lowest BCUT2D eigenvalue weighted by molar-refractivity contribution is -0.138. The second kappa shape index (κ2) is 10.5. The van der Waals surface area contributed by atoms with E-state index in [2.05, 4.69) is 6.92 Å². The van der Waals surface area contributed by atoms with Crippen LogP contribution in [-0.2, 0) is 4.79 Å². The quantitative estimate of drug-likeness (QED) is 0.239. The second-order valence-electron chi connectivity index (χ2n) is 8.57. The fourth-order valence-corrected chi connectivity index (χ4v) is 4.17. The molecule has 1 aromatic heterocycles. The maximum absolute atomic E-state index is 12.8. The van der Waals surface area contributed by atoms with Crippen LogP contribution in [0.1, 0.15) is 38.2 Å². The average Bonchev–Trinajstić information content (AvgIpc) is 2.90. The van der Waals surface area contributed by atoms with E-state index in [0.717, 1.165) is 17.7 Å². The Labute approximate surface area is 203 Å². The Morgan fingerprint density at radius 1 is 1.00 bits per heavy atom. The van der Waals surface area contributed by atoms with Gasteiger partial charge in [-0.2, -0.15) is 0 Å². The van der Waals surface area contributed by atoms with Gasteiger partial charge in [-0.3, -0.25) is 9.59 Å². The molecule has 0 aliphatic rings. The minimum Gasteiger partial charge on any atom is -0.502 e. The SMILES string of the molecule is CCC(CC(C)C(=O)Oc1ccc2oc(-c3ccccc3)c(O)c(=O)c2c1)c1ccc(OC)cc1. The molecule has 0 aliphatic heterocycles. The lowest BCUT2D eigenvalue weighted by Gasteiger charge is -2.19. The Morgan fingerprint density at radius 2 is 1.69 bits per heavy atom. The molecule has 4 rings (SSSR count). The number of hydrogen-bond donors (Lipinski definition) is 1. The third kappa shape index (κ3) is 5.22. The van der Waals surface area contributed by atoms with Crippen LogP contribution in [0.5, 0.6) is 17.2 Å². The summed E-state index contributed by atoms with van der Waals surface area (Å²) in [6.45, 7) is 3.92. The molecule has 180 valence electrons. The van der Waals surface area contributed by atoms with Crippen molar-refractivity contribution < 1.29 is 23.8 Å². The molecular formula is C29H28O6. The van der Waals surface area contributed by atoms with E-state index in [1.165, 1.54) is 6.07 Å². The van der Waals surface area contributed by atoms with Crippen LogP contribution in [0.3, 0.4) is 0 Å². The Hall–Kier alpha value is -4.06. The molecule has 0 saturated heterocycles. The van der Waals surface area contributed by atoms with Gasteiger partial charge in [0.1, 0.15) is 17.1 Å². The maximum Gasteiger partial charge on any atom is 0.314 e. The summed E-state index contributed by atoms with van der Waals surface area (Å²) in [7, 11) is 1.63. The minimum absolute atomic E-state index is 0.102. The van der Waals surface area contributed by atoms with Crippen molar-refractivity contribution in [2.75, 3.05) is 7.11 Å². The summed E-state index contributed by atoms with van der Waals surface area (Å²) in [6.07, 6.45) is 1.50. The number of fused-ring (bicyclic) bond motifs is 1. The summed E-state index contributed by atoms with van der Waals surface area (Å²) in [5.41, 5.74) is 1.45. The molecule has 6 heteroatoms. The van der Waals surface area contributed by atoms with Crippen molar-refractivity contribution in [1.82, 2.24) is 0 Å². The molecule has 2 unspecified atom stereocenters. The van der Waals surface area contributed by atoms with E-state index in [0.29, 0.717) is 17.6 Å². The van der Waals surface area contributed by atoms with Crippen LogP contribution >= 0.6 is 0 Å². The fraction of sp³-hybridized carbons (Fsp3) is 0.241. The molecule has 2 atom stereocenters. The Balaban J connectivity index is 1.51. The van der Waals surface area contributed by atoms with Crippen molar-refractivity contribution in [2.24, 2.45) is 5.92 Å². The first-order valence-electron chi connectivity index (χ1n) is 11.6. The summed E-state index contributed by atoms with van der Waals surface area (Å²) in [5, 5.41) is 10.6. The van der Waals surface area contributed by atoms with Gasteiger partial charge in [0.25, 0.3) is 0 Å². The fourth-order valence-electron chi connectivity index (χ4n) is 4.17. The maximum atomic E-state index is 12.8. The Bertz CT molecular complexity index is 1370. The zero-order valence-electron chi connectivity index (χ0n) is 20.0. The van der Waals surface area contributed by atoms with Gasteiger partial charge >= 0.3 is 5.97 Å². The Kier molecular flexibility index (Phi) is 7.20. The van der Waals surface area contributed by atoms with Crippen LogP contribution in [0.15, 0.2) is 82.0 Å². The normalized spacial score (nSPS) is 12.8. The van der Waals surface area contributed by atoms with Crippen LogP contribution in [0.25, 0.3) is 22.3 Å². The highest BCUT2D eigenvalue weighted by atomic mass is 16.5. The summed E-state index contributed by atoms with van der Waals surface area (Å²) in [6, 6.07) is 21.4. The average molecular weight is 473 g/mol. The predicted molar refractivity (Wildman–Crippen MR) is 135 cm³/mol. The van der Waals surface area contributed by atoms with Gasteiger partial charge in [-0.25, -0.2) is 0 Å². The van der Waals surface area contributed by atoms with Gasteiger partial charge < -0.3 is 19.0 Å². The molecule has 0 radical (unpaired) electrons. The van der Waals surface area contributed by atoms with Crippen molar-refractivity contribution in [3.05, 3.63) is 88.6 Å². The number of aromatic hydroxyl groups is 1. The summed E-state index contributed by atoms with van der Waals surface area (Å²) in [5.74, 6) is 0.0931. The number of rotatable bonds is 8. The minimum atomic E-state index is -0.582. The van der Waals surface area contributed by atoms with Gasteiger partial charge in [0.15, 0.2) is 5.76 Å². The molecule has 0 amide bonds. The number of methoxy groups -OCH3 is 1. The van der Waals surface area contributed by atoms with Crippen molar-refractivity contribution >= 4 is 16.9 Å². The van der Waals surface area contributed by atoms with Crippen LogP contribution < -0.4 is 14.9 Å². The molecule has 0 saturated carbocycles. The van der Waals surface area contributed by atoms with Crippen molar-refractivity contribution in [3.8, 4) is 28.6 Å². The lowest BCUT2D eigenvalue weighted by Crippen LogP contribution is -2.20. The number of ether oxygens (including phenoxy) is 2. The zero-order chi connectivity index (χ0) is 24.9. The zero-order valence-corrected chi connectivity index (χ0v) is 20.0. The number of esters is 1. The molecule has 1 N–H and O–H groups in total. The topological polar surface area (TPSA) is 86.0 Å². The number of benzene rings is 3. The molecule has 3 aromatic carbocycles. The lowest BCUT2D eigenvalue weighted by atomic mass is 9.87.